The first-order valence-electron chi connectivity index (χ1n) is 6.72. The van der Waals surface area contributed by atoms with E-state index in [1.807, 2.05) is 35.0 Å². The predicted molar refractivity (Wildman–Crippen MR) is 80.5 cm³/mol. The van der Waals surface area contributed by atoms with E-state index in [4.69, 9.17) is 0 Å². The van der Waals surface area contributed by atoms with Gasteiger partial charge in [-0.1, -0.05) is 6.07 Å². The molecule has 0 spiro atoms. The molecule has 0 saturated heterocycles. The van der Waals surface area contributed by atoms with E-state index in [0.717, 1.165) is 23.5 Å². The van der Waals surface area contributed by atoms with Crippen LogP contribution in [0.1, 0.15) is 5.69 Å². The number of sulfonamides is 1. The largest absolute Gasteiger partial charge is 0.307 e. The summed E-state index contributed by atoms with van der Waals surface area (Å²) in [6.07, 6.45) is 4.22. The molecule has 1 aromatic carbocycles. The molecule has 3 rings (SSSR count). The summed E-state index contributed by atoms with van der Waals surface area (Å²) in [5, 5.41) is 0. The number of nitrogens with one attached hydrogen (secondary N) is 1. The maximum atomic E-state index is 12.8. The second-order valence-corrected chi connectivity index (χ2v) is 6.57. The fourth-order valence-electron chi connectivity index (χ4n) is 2.12. The zero-order valence-corrected chi connectivity index (χ0v) is 12.4. The Labute approximate surface area is 127 Å². The first kappa shape index (κ1) is 14.7. The Bertz CT molecular complexity index is 856. The number of fused-ring (bicyclic) bond motifs is 1. The molecule has 0 amide bonds. The van der Waals surface area contributed by atoms with E-state index >= 15 is 0 Å². The van der Waals surface area contributed by atoms with E-state index < -0.39 is 15.8 Å². The molecule has 2 aromatic heterocycles. The van der Waals surface area contributed by atoms with Crippen molar-refractivity contribution in [2.24, 2.45) is 0 Å². The third kappa shape index (κ3) is 3.15. The van der Waals surface area contributed by atoms with Gasteiger partial charge in [0.05, 0.1) is 10.6 Å². The highest BCUT2D eigenvalue weighted by Crippen LogP contribution is 2.10. The molecule has 2 heterocycles. The molecule has 0 unspecified atom stereocenters. The summed E-state index contributed by atoms with van der Waals surface area (Å²) in [7, 11) is -3.63. The minimum atomic E-state index is -3.63. The Hall–Kier alpha value is -2.25. The number of nitrogens with zero attached hydrogens (tertiary/aromatic N) is 2. The fraction of sp³-hybridized carbons (Fsp3) is 0.133. The molecule has 0 fully saturated rings. The molecule has 114 valence electrons. The van der Waals surface area contributed by atoms with Crippen molar-refractivity contribution in [2.45, 2.75) is 11.3 Å². The van der Waals surface area contributed by atoms with Gasteiger partial charge in [-0.15, -0.1) is 0 Å². The molecule has 7 heteroatoms. The molecular weight excluding hydrogens is 305 g/mol. The third-order valence-electron chi connectivity index (χ3n) is 3.21. The lowest BCUT2D eigenvalue weighted by Gasteiger charge is -2.05. The summed E-state index contributed by atoms with van der Waals surface area (Å²) in [6, 6.07) is 10.4. The van der Waals surface area contributed by atoms with Crippen LogP contribution in [0.5, 0.6) is 0 Å². The number of hydrogen-bond donors (Lipinski definition) is 1. The first-order valence-corrected chi connectivity index (χ1v) is 8.21. The molecule has 22 heavy (non-hydrogen) atoms. The van der Waals surface area contributed by atoms with Gasteiger partial charge in [-0.3, -0.25) is 0 Å². The Morgan fingerprint density at radius 3 is 2.64 bits per heavy atom. The zero-order chi connectivity index (χ0) is 15.6. The van der Waals surface area contributed by atoms with E-state index in [2.05, 4.69) is 9.71 Å². The van der Waals surface area contributed by atoms with Gasteiger partial charge in [-0.2, -0.15) is 0 Å². The van der Waals surface area contributed by atoms with Gasteiger partial charge < -0.3 is 4.40 Å². The fourth-order valence-corrected chi connectivity index (χ4v) is 3.15. The second kappa shape index (κ2) is 5.86. The molecule has 1 N–H and O–H groups in total. The highest BCUT2D eigenvalue weighted by Gasteiger charge is 2.13. The molecule has 3 aromatic rings. The van der Waals surface area contributed by atoms with Crippen LogP contribution in [0, 0.1) is 5.82 Å². The van der Waals surface area contributed by atoms with Crippen LogP contribution in [-0.2, 0) is 16.4 Å². The Kier molecular flexibility index (Phi) is 3.91. The van der Waals surface area contributed by atoms with Crippen LogP contribution < -0.4 is 4.72 Å². The normalized spacial score (nSPS) is 11.9. The highest BCUT2D eigenvalue weighted by molar-refractivity contribution is 7.89. The lowest BCUT2D eigenvalue weighted by Crippen LogP contribution is -2.26. The van der Waals surface area contributed by atoms with Crippen molar-refractivity contribution < 1.29 is 12.8 Å². The average molecular weight is 319 g/mol. The van der Waals surface area contributed by atoms with Gasteiger partial charge in [0.15, 0.2) is 0 Å². The lowest BCUT2D eigenvalue weighted by molar-refractivity contribution is 0.580. The molecule has 0 atom stereocenters. The van der Waals surface area contributed by atoms with E-state index in [1.165, 1.54) is 12.1 Å². The van der Waals surface area contributed by atoms with Crippen LogP contribution >= 0.6 is 0 Å². The zero-order valence-electron chi connectivity index (χ0n) is 11.6. The average Bonchev–Trinajstić information content (AvgIpc) is 2.90. The highest BCUT2D eigenvalue weighted by atomic mass is 32.2. The maximum absolute atomic E-state index is 12.8. The molecular formula is C15H14FN3O2S. The van der Waals surface area contributed by atoms with Crippen LogP contribution in [0.25, 0.3) is 5.65 Å². The van der Waals surface area contributed by atoms with E-state index in [0.29, 0.717) is 6.42 Å². The van der Waals surface area contributed by atoms with Crippen LogP contribution in [-0.4, -0.2) is 24.3 Å². The number of benzene rings is 1. The van der Waals surface area contributed by atoms with E-state index in [9.17, 15) is 12.8 Å². The Morgan fingerprint density at radius 1 is 1.14 bits per heavy atom. The Balaban J connectivity index is 1.65. The van der Waals surface area contributed by atoms with Crippen molar-refractivity contribution in [3.8, 4) is 0 Å². The van der Waals surface area contributed by atoms with E-state index in [-0.39, 0.29) is 11.4 Å². The predicted octanol–water partition coefficient (Wildman–Crippen LogP) is 1.99. The molecule has 5 nitrogen and oxygen atoms in total. The van der Waals surface area contributed by atoms with Gasteiger partial charge in [-0.05, 0) is 36.4 Å². The lowest BCUT2D eigenvalue weighted by atomic mass is 10.3. The van der Waals surface area contributed by atoms with Crippen LogP contribution in [0.15, 0.2) is 59.8 Å². The molecule has 0 aliphatic carbocycles. The summed E-state index contributed by atoms with van der Waals surface area (Å²) >= 11 is 0. The van der Waals surface area contributed by atoms with Crippen LogP contribution in [0.3, 0.4) is 0 Å². The van der Waals surface area contributed by atoms with Crippen molar-refractivity contribution in [3.05, 3.63) is 66.4 Å². The van der Waals surface area contributed by atoms with Gasteiger partial charge in [0.25, 0.3) is 0 Å². The number of rotatable bonds is 5. The summed E-state index contributed by atoms with van der Waals surface area (Å²) in [4.78, 5) is 4.44. The standard InChI is InChI=1S/C15H14FN3O2S/c16-12-4-6-14(7-5-12)22(20,21)17-9-8-13-11-19-10-2-1-3-15(19)18-13/h1-7,10-11,17H,8-9H2. The number of hydrogen-bond acceptors (Lipinski definition) is 3. The minimum absolute atomic E-state index is 0.0453. The smallest absolute Gasteiger partial charge is 0.240 e. The third-order valence-corrected chi connectivity index (χ3v) is 4.69. The SMILES string of the molecule is O=S(=O)(NCCc1cn2ccccc2n1)c1ccc(F)cc1. The number of imidazole rings is 1. The topological polar surface area (TPSA) is 63.5 Å². The number of halogens is 1. The quantitative estimate of drug-likeness (QED) is 0.782. The van der Waals surface area contributed by atoms with Crippen molar-refractivity contribution in [2.75, 3.05) is 6.54 Å². The second-order valence-electron chi connectivity index (χ2n) is 4.80. The van der Waals surface area contributed by atoms with Crippen molar-refractivity contribution in [1.29, 1.82) is 0 Å². The Morgan fingerprint density at radius 2 is 1.91 bits per heavy atom. The minimum Gasteiger partial charge on any atom is -0.307 e. The summed E-state index contributed by atoms with van der Waals surface area (Å²) in [5.74, 6) is -0.469. The molecule has 0 aliphatic heterocycles. The summed E-state index contributed by atoms with van der Waals surface area (Å²) in [6.45, 7) is 0.226. The van der Waals surface area contributed by atoms with E-state index in [1.54, 1.807) is 0 Å². The van der Waals surface area contributed by atoms with Gasteiger partial charge in [-0.25, -0.2) is 22.5 Å². The summed E-state index contributed by atoms with van der Waals surface area (Å²) < 4.78 is 41.3. The number of aromatic nitrogens is 2. The van der Waals surface area contributed by atoms with Gasteiger partial charge >= 0.3 is 0 Å². The monoisotopic (exact) mass is 319 g/mol. The van der Waals surface area contributed by atoms with Gasteiger partial charge in [0, 0.05) is 25.4 Å². The molecule has 0 saturated carbocycles. The van der Waals surface area contributed by atoms with Crippen LogP contribution in [0.4, 0.5) is 4.39 Å². The van der Waals surface area contributed by atoms with Crippen molar-refractivity contribution in [3.63, 3.8) is 0 Å². The van der Waals surface area contributed by atoms with Gasteiger partial charge in [0.2, 0.25) is 10.0 Å². The van der Waals surface area contributed by atoms with Crippen LogP contribution in [0.2, 0.25) is 0 Å². The molecule has 0 bridgehead atoms. The van der Waals surface area contributed by atoms with Crippen molar-refractivity contribution >= 4 is 15.7 Å². The maximum Gasteiger partial charge on any atom is 0.240 e. The molecule has 0 aliphatic rings. The summed E-state index contributed by atoms with van der Waals surface area (Å²) in [5.41, 5.74) is 1.62. The number of pyridine rings is 1. The first-order chi connectivity index (χ1) is 10.5. The van der Waals surface area contributed by atoms with Crippen molar-refractivity contribution in [1.82, 2.24) is 14.1 Å². The molecule has 0 radical (unpaired) electrons. The van der Waals surface area contributed by atoms with Gasteiger partial charge in [0.1, 0.15) is 11.5 Å².